The minimum atomic E-state index is -1.26. The molecule has 0 spiro atoms. The van der Waals surface area contributed by atoms with E-state index in [-0.39, 0.29) is 75.3 Å². The molecule has 0 saturated heterocycles. The number of esters is 1. The van der Waals surface area contributed by atoms with Crippen molar-refractivity contribution in [2.45, 2.75) is 105 Å². The number of hydrazone groups is 1. The van der Waals surface area contributed by atoms with Crippen LogP contribution in [0.2, 0.25) is 0 Å². The van der Waals surface area contributed by atoms with Crippen molar-refractivity contribution in [2.75, 3.05) is 12.0 Å². The van der Waals surface area contributed by atoms with Gasteiger partial charge in [-0.25, -0.2) is 10.4 Å². The average molecular weight is 698 g/mol. The molecule has 276 valence electrons. The van der Waals surface area contributed by atoms with E-state index in [1.54, 1.807) is 0 Å². The Morgan fingerprint density at radius 1 is 1.06 bits per heavy atom. The largest absolute Gasteiger partial charge is 0.595 e. The Kier molecular flexibility index (Phi) is 11.6. The van der Waals surface area contributed by atoms with E-state index < -0.39 is 10.5 Å². The van der Waals surface area contributed by atoms with Gasteiger partial charge in [-0.15, -0.1) is 0 Å². The molecule has 50 heavy (non-hydrogen) atoms. The molecule has 2 unspecified atom stereocenters. The van der Waals surface area contributed by atoms with Gasteiger partial charge >= 0.3 is 5.97 Å². The molecule has 3 fully saturated rings. The first kappa shape index (κ1) is 38.0. The lowest BCUT2D eigenvalue weighted by atomic mass is 9.47. The number of fused-ring (bicyclic) bond motifs is 5. The molecular formula is C37H55N5O8. The Morgan fingerprint density at radius 3 is 2.46 bits per heavy atom. The molecule has 6 N–H and O–H groups in total. The number of benzene rings is 1. The summed E-state index contributed by atoms with van der Waals surface area (Å²) in [7, 11) is 0. The van der Waals surface area contributed by atoms with Gasteiger partial charge in [-0.05, 0) is 85.5 Å². The summed E-state index contributed by atoms with van der Waals surface area (Å²) < 4.78 is 5.63. The van der Waals surface area contributed by atoms with Gasteiger partial charge in [0.15, 0.2) is 11.4 Å². The number of amides is 1. The number of Topliss-reactive ketones (excluding diaryl/α,β-unsaturated/α-hetero) is 1. The number of ketones is 1. The van der Waals surface area contributed by atoms with Crippen molar-refractivity contribution in [2.24, 2.45) is 51.4 Å². The minimum Gasteiger partial charge on any atom is -0.595 e. The topological polar surface area (TPSA) is 192 Å². The fraction of sp³-hybridized carbons (Fsp3) is 0.676. The van der Waals surface area contributed by atoms with E-state index >= 15 is 0 Å². The highest BCUT2D eigenvalue weighted by Gasteiger charge is 2.62. The minimum absolute atomic E-state index is 0.0162. The second kappa shape index (κ2) is 15.2. The fourth-order valence-electron chi connectivity index (χ4n) is 10.1. The summed E-state index contributed by atoms with van der Waals surface area (Å²) in [5.41, 5.74) is 4.91. The molecule has 1 aromatic rings. The van der Waals surface area contributed by atoms with Crippen LogP contribution in [0.3, 0.4) is 0 Å². The Balaban J connectivity index is 1.45. The van der Waals surface area contributed by atoms with Crippen LogP contribution >= 0.6 is 0 Å². The second-order valence-electron chi connectivity index (χ2n) is 15.9. The van der Waals surface area contributed by atoms with Gasteiger partial charge in [0.25, 0.3) is 0 Å². The maximum absolute atomic E-state index is 13.9. The summed E-state index contributed by atoms with van der Waals surface area (Å²) in [5.74, 6) is 0.576. The van der Waals surface area contributed by atoms with Gasteiger partial charge in [0, 0.05) is 56.8 Å². The molecule has 0 aliphatic heterocycles. The molecule has 0 aromatic heterocycles. The molecule has 3 saturated carbocycles. The number of carbonyl (C=O) groups excluding carboxylic acids is 3. The molecule has 0 radical (unpaired) electrons. The number of hydrogen-bond acceptors (Lipinski definition) is 10. The van der Waals surface area contributed by atoms with E-state index in [0.717, 1.165) is 50.3 Å². The van der Waals surface area contributed by atoms with Gasteiger partial charge in [0.1, 0.15) is 17.6 Å². The molecule has 0 bridgehead atoms. The first-order valence-electron chi connectivity index (χ1n) is 18.1. The smallest absolute Gasteiger partial charge is 0.302 e. The molecule has 11 atom stereocenters. The van der Waals surface area contributed by atoms with E-state index in [0.29, 0.717) is 37.6 Å². The molecule has 4 aliphatic carbocycles. The van der Waals surface area contributed by atoms with Gasteiger partial charge in [-0.1, -0.05) is 39.3 Å². The van der Waals surface area contributed by atoms with Gasteiger partial charge in [-0.3, -0.25) is 19.8 Å². The average Bonchev–Trinajstić information content (AvgIpc) is 3.36. The lowest BCUT2D eigenvalue weighted by Crippen LogP contribution is -3.00. The zero-order valence-electron chi connectivity index (χ0n) is 30.2. The van der Waals surface area contributed by atoms with E-state index in [2.05, 4.69) is 30.7 Å². The quantitative estimate of drug-likeness (QED) is 0.106. The lowest BCUT2D eigenvalue weighted by molar-refractivity contribution is -0.996. The van der Waals surface area contributed by atoms with Crippen molar-refractivity contribution in [3.63, 3.8) is 0 Å². The van der Waals surface area contributed by atoms with Crippen LogP contribution in [-0.2, 0) is 19.1 Å². The monoisotopic (exact) mass is 697 g/mol. The number of quaternary nitrogens is 2. The summed E-state index contributed by atoms with van der Waals surface area (Å²) in [6, 6.07) is 3.91. The number of nitrogens with one attached hydrogen (secondary N) is 4. The number of rotatable bonds is 12. The predicted octanol–water partition coefficient (Wildman–Crippen LogP) is 4.14. The van der Waals surface area contributed by atoms with Crippen molar-refractivity contribution in [3.05, 3.63) is 40.3 Å². The Morgan fingerprint density at radius 2 is 1.80 bits per heavy atom. The van der Waals surface area contributed by atoms with E-state index in [1.807, 2.05) is 13.8 Å². The first-order valence-corrected chi connectivity index (χ1v) is 18.1. The third-order valence-electron chi connectivity index (χ3n) is 12.7. The SMILES string of the molecule is CC(=O)NC[C@H](C)CCC(=O)[C@@H](C)[C@H]1C(=NNc2ccc([NH+]([O-])O)cc2[NH+]([O-])O)C[C@@H]2[C@H]3CC=C4C[C@@H](OC(C)=O)CC[C@]4(C)[C@H]3CC[C@@]21C. The molecule has 13 nitrogen and oxygen atoms in total. The summed E-state index contributed by atoms with van der Waals surface area (Å²) in [6.07, 6.45) is 9.49. The number of allylic oxidation sites excluding steroid dienone is 1. The Labute approximate surface area is 294 Å². The number of ether oxygens (including phenoxy) is 1. The number of hydrogen-bond donors (Lipinski definition) is 6. The van der Waals surface area contributed by atoms with Crippen LogP contribution in [0.15, 0.2) is 34.9 Å². The van der Waals surface area contributed by atoms with Crippen molar-refractivity contribution in [3.8, 4) is 0 Å². The first-order chi connectivity index (χ1) is 23.5. The highest BCUT2D eigenvalue weighted by atomic mass is 16.8. The summed E-state index contributed by atoms with van der Waals surface area (Å²) in [6.45, 7) is 12.2. The van der Waals surface area contributed by atoms with Crippen LogP contribution in [0.4, 0.5) is 17.1 Å². The molecule has 4 aliphatic rings. The van der Waals surface area contributed by atoms with Gasteiger partial charge in [0.05, 0.1) is 6.07 Å². The Bertz CT molecular complexity index is 1510. The molecular weight excluding hydrogens is 642 g/mol. The van der Waals surface area contributed by atoms with Crippen LogP contribution in [0.5, 0.6) is 0 Å². The van der Waals surface area contributed by atoms with E-state index in [9.17, 15) is 35.2 Å². The highest BCUT2D eigenvalue weighted by molar-refractivity contribution is 5.96. The maximum atomic E-state index is 13.9. The van der Waals surface area contributed by atoms with Crippen LogP contribution in [0, 0.1) is 56.8 Å². The molecule has 5 rings (SSSR count). The van der Waals surface area contributed by atoms with Gasteiger partial charge < -0.3 is 20.5 Å². The van der Waals surface area contributed by atoms with Crippen LogP contribution < -0.4 is 21.2 Å². The zero-order chi connectivity index (χ0) is 36.5. The standard InChI is InChI=1S/C37H55N5O8/c1-21(20-38-23(3)43)7-12-34(45)22(2)35-32(40-39-31-11-9-26(41(46)47)18-33(31)42(48)49)19-30-28-10-8-25-17-27(50-24(4)44)13-15-36(25,5)29(28)14-16-37(30,35)6/h8-9,11,18,21-22,27-30,35,39,41-42,46,48H,7,10,12-17,19-20H2,1-6H3,(H,38,43)/t21-,22-,27+,28+,29+,30-,35+,36+,37+/m1/s1. The van der Waals surface area contributed by atoms with Crippen LogP contribution in [0.25, 0.3) is 0 Å². The molecule has 1 amide bonds. The highest BCUT2D eigenvalue weighted by Crippen LogP contribution is 2.66. The normalized spacial score (nSPS) is 33.5. The Hall–Kier alpha value is -3.20. The van der Waals surface area contributed by atoms with E-state index in [1.165, 1.54) is 31.6 Å². The molecule has 0 heterocycles. The number of anilines is 1. The maximum Gasteiger partial charge on any atom is 0.302 e. The number of nitrogens with zero attached hydrogens (tertiary/aromatic N) is 1. The number of carbonyl (C=O) groups is 3. The zero-order valence-corrected chi connectivity index (χ0v) is 30.2. The third-order valence-corrected chi connectivity index (χ3v) is 12.7. The van der Waals surface area contributed by atoms with Crippen LogP contribution in [-0.4, -0.2) is 46.4 Å². The van der Waals surface area contributed by atoms with E-state index in [4.69, 9.17) is 9.84 Å². The van der Waals surface area contributed by atoms with Crippen LogP contribution in [0.1, 0.15) is 99.3 Å². The third kappa shape index (κ3) is 7.68. The molecule has 13 heteroatoms. The second-order valence-corrected chi connectivity index (χ2v) is 15.9. The summed E-state index contributed by atoms with van der Waals surface area (Å²) >= 11 is 0. The van der Waals surface area contributed by atoms with Crippen molar-refractivity contribution < 1.29 is 40.0 Å². The molecule has 1 aromatic carbocycles. The predicted molar refractivity (Wildman–Crippen MR) is 186 cm³/mol. The van der Waals surface area contributed by atoms with Crippen molar-refractivity contribution in [1.82, 2.24) is 5.32 Å². The van der Waals surface area contributed by atoms with Gasteiger partial charge in [0.2, 0.25) is 5.91 Å². The summed E-state index contributed by atoms with van der Waals surface area (Å²) in [4.78, 5) is 37.1. The summed E-state index contributed by atoms with van der Waals surface area (Å²) in [5, 5.41) is 48.2. The fourth-order valence-corrected chi connectivity index (χ4v) is 10.1. The lowest BCUT2D eigenvalue weighted by Gasteiger charge is -2.58. The van der Waals surface area contributed by atoms with Gasteiger partial charge in [-0.2, -0.15) is 15.6 Å². The van der Waals surface area contributed by atoms with Crippen molar-refractivity contribution in [1.29, 1.82) is 0 Å². The van der Waals surface area contributed by atoms with Crippen molar-refractivity contribution >= 4 is 40.4 Å².